The Morgan fingerprint density at radius 1 is 1.50 bits per heavy atom. The molecule has 88 valence electrons. The molecule has 0 fully saturated rings. The molecule has 0 aliphatic carbocycles. The molecule has 2 heterocycles. The first-order valence-electron chi connectivity index (χ1n) is 5.14. The van der Waals surface area contributed by atoms with E-state index in [1.54, 1.807) is 18.5 Å². The van der Waals surface area contributed by atoms with Crippen LogP contribution in [-0.2, 0) is 7.05 Å². The molecule has 3 rings (SSSR count). The first kappa shape index (κ1) is 10.7. The summed E-state index contributed by atoms with van der Waals surface area (Å²) in [6.45, 7) is 0. The molecular weight excluding hydrogens is 250 g/mol. The Labute approximate surface area is 106 Å². The molecule has 0 saturated heterocycles. The van der Waals surface area contributed by atoms with Crippen LogP contribution in [0.5, 0.6) is 0 Å². The van der Waals surface area contributed by atoms with Crippen molar-refractivity contribution in [3.05, 3.63) is 39.8 Å². The molecule has 18 heavy (non-hydrogen) atoms. The number of thiazole rings is 1. The number of oxazole rings is 1. The van der Waals surface area contributed by atoms with Crippen LogP contribution < -0.4 is 5.76 Å². The van der Waals surface area contributed by atoms with Crippen molar-refractivity contribution >= 4 is 22.4 Å². The van der Waals surface area contributed by atoms with Gasteiger partial charge in [-0.1, -0.05) is 0 Å². The standard InChI is InChI=1S/C12H7N3O2S/c1-15-9-3-2-7(4-10(9)17-12(15)16)11-14-8(5-13)6-18-11/h2-4,6H,1H3. The average Bonchev–Trinajstić information content (AvgIpc) is 2.95. The molecular formula is C12H7N3O2S. The quantitative estimate of drug-likeness (QED) is 0.669. The van der Waals surface area contributed by atoms with Gasteiger partial charge in [-0.25, -0.2) is 9.78 Å². The molecule has 2 aromatic heterocycles. The van der Waals surface area contributed by atoms with Crippen molar-refractivity contribution in [3.63, 3.8) is 0 Å². The Hall–Kier alpha value is -2.39. The monoisotopic (exact) mass is 257 g/mol. The third-order valence-corrected chi connectivity index (χ3v) is 3.55. The van der Waals surface area contributed by atoms with Gasteiger partial charge in [-0.05, 0) is 18.2 Å². The fraction of sp³-hybridized carbons (Fsp3) is 0.0833. The van der Waals surface area contributed by atoms with E-state index >= 15 is 0 Å². The van der Waals surface area contributed by atoms with Gasteiger partial charge in [0.2, 0.25) is 0 Å². The second kappa shape index (κ2) is 3.82. The van der Waals surface area contributed by atoms with Gasteiger partial charge in [-0.15, -0.1) is 11.3 Å². The lowest BCUT2D eigenvalue weighted by Gasteiger charge is -1.96. The number of aryl methyl sites for hydroxylation is 1. The molecule has 0 aliphatic rings. The average molecular weight is 257 g/mol. The van der Waals surface area contributed by atoms with Gasteiger partial charge in [0.25, 0.3) is 0 Å². The lowest BCUT2D eigenvalue weighted by molar-refractivity contribution is 0.528. The Morgan fingerprint density at radius 2 is 2.33 bits per heavy atom. The van der Waals surface area contributed by atoms with E-state index in [9.17, 15) is 4.79 Å². The van der Waals surface area contributed by atoms with Gasteiger partial charge in [0.05, 0.1) is 5.52 Å². The predicted molar refractivity (Wildman–Crippen MR) is 67.3 cm³/mol. The van der Waals surface area contributed by atoms with E-state index in [0.29, 0.717) is 11.3 Å². The maximum absolute atomic E-state index is 11.4. The van der Waals surface area contributed by atoms with Gasteiger partial charge < -0.3 is 4.42 Å². The summed E-state index contributed by atoms with van der Waals surface area (Å²) in [5, 5.41) is 11.2. The fourth-order valence-corrected chi connectivity index (χ4v) is 2.47. The number of rotatable bonds is 1. The number of nitriles is 1. The predicted octanol–water partition coefficient (Wildman–Crippen LogP) is 2.13. The van der Waals surface area contributed by atoms with Crippen molar-refractivity contribution < 1.29 is 4.42 Å². The van der Waals surface area contributed by atoms with Crippen LogP contribution in [0.3, 0.4) is 0 Å². The number of hydrogen-bond donors (Lipinski definition) is 0. The van der Waals surface area contributed by atoms with Crippen molar-refractivity contribution in [2.45, 2.75) is 0 Å². The molecule has 0 N–H and O–H groups in total. The van der Waals surface area contributed by atoms with Crippen LogP contribution in [0.2, 0.25) is 0 Å². The van der Waals surface area contributed by atoms with Gasteiger partial charge in [0.15, 0.2) is 11.3 Å². The molecule has 1 aromatic carbocycles. The highest BCUT2D eigenvalue weighted by Crippen LogP contribution is 2.26. The minimum absolute atomic E-state index is 0.390. The van der Waals surface area contributed by atoms with Crippen molar-refractivity contribution in [1.82, 2.24) is 9.55 Å². The minimum atomic E-state index is -0.390. The molecule has 0 saturated carbocycles. The van der Waals surface area contributed by atoms with Gasteiger partial charge in [-0.3, -0.25) is 4.57 Å². The first-order valence-corrected chi connectivity index (χ1v) is 6.02. The van der Waals surface area contributed by atoms with E-state index in [1.807, 2.05) is 18.2 Å². The lowest BCUT2D eigenvalue weighted by atomic mass is 10.2. The summed E-state index contributed by atoms with van der Waals surface area (Å²) >= 11 is 1.39. The smallest absolute Gasteiger partial charge is 0.408 e. The second-order valence-corrected chi connectivity index (χ2v) is 4.62. The van der Waals surface area contributed by atoms with Gasteiger partial charge in [0, 0.05) is 18.0 Å². The second-order valence-electron chi connectivity index (χ2n) is 3.76. The van der Waals surface area contributed by atoms with E-state index in [1.165, 1.54) is 15.9 Å². The normalized spacial score (nSPS) is 10.7. The van der Waals surface area contributed by atoms with Crippen LogP contribution in [0.15, 0.2) is 32.8 Å². The van der Waals surface area contributed by atoms with Crippen molar-refractivity contribution in [2.24, 2.45) is 7.05 Å². The van der Waals surface area contributed by atoms with Crippen LogP contribution in [0.1, 0.15) is 5.69 Å². The fourth-order valence-electron chi connectivity index (χ4n) is 1.72. The van der Waals surface area contributed by atoms with E-state index in [4.69, 9.17) is 9.68 Å². The number of nitrogens with zero attached hydrogens (tertiary/aromatic N) is 3. The van der Waals surface area contributed by atoms with Crippen LogP contribution in [0.25, 0.3) is 21.7 Å². The Morgan fingerprint density at radius 3 is 3.06 bits per heavy atom. The molecule has 0 radical (unpaired) electrons. The van der Waals surface area contributed by atoms with Crippen LogP contribution in [0.4, 0.5) is 0 Å². The highest BCUT2D eigenvalue weighted by Gasteiger charge is 2.09. The number of hydrogen-bond acceptors (Lipinski definition) is 5. The maximum atomic E-state index is 11.4. The molecule has 5 nitrogen and oxygen atoms in total. The summed E-state index contributed by atoms with van der Waals surface area (Å²) < 4.78 is 6.56. The number of benzene rings is 1. The number of aromatic nitrogens is 2. The third-order valence-electron chi connectivity index (χ3n) is 2.66. The Bertz CT molecular complexity index is 835. The Kier molecular flexibility index (Phi) is 2.28. The minimum Gasteiger partial charge on any atom is -0.408 e. The van der Waals surface area contributed by atoms with Crippen LogP contribution >= 0.6 is 11.3 Å². The van der Waals surface area contributed by atoms with Crippen molar-refractivity contribution in [2.75, 3.05) is 0 Å². The van der Waals surface area contributed by atoms with Crippen LogP contribution in [0, 0.1) is 11.3 Å². The molecule has 0 atom stereocenters. The zero-order chi connectivity index (χ0) is 12.7. The Balaban J connectivity index is 2.19. The molecule has 0 spiro atoms. The largest absolute Gasteiger partial charge is 0.419 e. The topological polar surface area (TPSA) is 71.8 Å². The van der Waals surface area contributed by atoms with Gasteiger partial charge >= 0.3 is 5.76 Å². The molecule has 3 aromatic rings. The lowest BCUT2D eigenvalue weighted by Crippen LogP contribution is -2.08. The molecule has 0 aliphatic heterocycles. The van der Waals surface area contributed by atoms with Crippen molar-refractivity contribution in [1.29, 1.82) is 5.26 Å². The summed E-state index contributed by atoms with van der Waals surface area (Å²) in [6.07, 6.45) is 0. The molecule has 0 unspecified atom stereocenters. The molecule has 0 amide bonds. The SMILES string of the molecule is Cn1c(=O)oc2cc(-c3nc(C#N)cs3)ccc21. The summed E-state index contributed by atoms with van der Waals surface area (Å²) in [5.41, 5.74) is 2.49. The third kappa shape index (κ3) is 1.53. The summed E-state index contributed by atoms with van der Waals surface area (Å²) in [4.78, 5) is 15.5. The van der Waals surface area contributed by atoms with E-state index in [-0.39, 0.29) is 5.76 Å². The number of fused-ring (bicyclic) bond motifs is 1. The maximum Gasteiger partial charge on any atom is 0.419 e. The zero-order valence-corrected chi connectivity index (χ0v) is 10.2. The van der Waals surface area contributed by atoms with Gasteiger partial charge in [0.1, 0.15) is 11.1 Å². The molecule has 0 bridgehead atoms. The van der Waals surface area contributed by atoms with Crippen molar-refractivity contribution in [3.8, 4) is 16.6 Å². The van der Waals surface area contributed by atoms with E-state index in [2.05, 4.69) is 4.98 Å². The first-order chi connectivity index (χ1) is 8.69. The van der Waals surface area contributed by atoms with Crippen LogP contribution in [-0.4, -0.2) is 9.55 Å². The highest BCUT2D eigenvalue weighted by atomic mass is 32.1. The highest BCUT2D eigenvalue weighted by molar-refractivity contribution is 7.13. The summed E-state index contributed by atoms with van der Waals surface area (Å²) in [6, 6.07) is 7.42. The van der Waals surface area contributed by atoms with E-state index in [0.717, 1.165) is 16.1 Å². The zero-order valence-electron chi connectivity index (χ0n) is 9.38. The van der Waals surface area contributed by atoms with E-state index < -0.39 is 0 Å². The van der Waals surface area contributed by atoms with Gasteiger partial charge in [-0.2, -0.15) is 5.26 Å². The summed E-state index contributed by atoms with van der Waals surface area (Å²) in [7, 11) is 1.66. The molecule has 6 heteroatoms. The summed E-state index contributed by atoms with van der Waals surface area (Å²) in [5.74, 6) is -0.390.